The van der Waals surface area contributed by atoms with Gasteiger partial charge >= 0.3 is 0 Å². The second-order valence-electron chi connectivity index (χ2n) is 5.66. The molecule has 0 radical (unpaired) electrons. The smallest absolute Gasteiger partial charge is 0.278 e. The Morgan fingerprint density at radius 2 is 1.89 bits per heavy atom. The van der Waals surface area contributed by atoms with Crippen molar-refractivity contribution in [1.29, 1.82) is 0 Å². The van der Waals surface area contributed by atoms with Crippen LogP contribution in [0.15, 0.2) is 60.7 Å². The maximum atomic E-state index is 12.7. The van der Waals surface area contributed by atoms with E-state index in [4.69, 9.17) is 16.3 Å². The van der Waals surface area contributed by atoms with E-state index >= 15 is 0 Å². The molecule has 0 saturated carbocycles. The lowest BCUT2D eigenvalue weighted by Gasteiger charge is -2.20. The standard InChI is InChI=1S/C20H19ClN4O2/c1-3-25(15-7-5-4-6-8-15)20(26)17-10-12-19(24-23-17)22-14-9-11-18(27-2)16(21)13-14/h4-13H,3H2,1-2H3,(H,22,24). The summed E-state index contributed by atoms with van der Waals surface area (Å²) in [5.41, 5.74) is 1.84. The minimum atomic E-state index is -0.199. The highest BCUT2D eigenvalue weighted by Crippen LogP contribution is 2.28. The lowest BCUT2D eigenvalue weighted by Crippen LogP contribution is -2.31. The van der Waals surface area contributed by atoms with Crippen molar-refractivity contribution >= 4 is 34.7 Å². The van der Waals surface area contributed by atoms with Gasteiger partial charge in [-0.25, -0.2) is 0 Å². The number of anilines is 3. The first kappa shape index (κ1) is 18.7. The first-order valence-corrected chi connectivity index (χ1v) is 8.81. The van der Waals surface area contributed by atoms with Crippen molar-refractivity contribution in [3.05, 3.63) is 71.4 Å². The number of halogens is 1. The quantitative estimate of drug-likeness (QED) is 0.677. The summed E-state index contributed by atoms with van der Waals surface area (Å²) in [5.74, 6) is 0.903. The van der Waals surface area contributed by atoms with Crippen LogP contribution in [0.3, 0.4) is 0 Å². The number of nitrogens with zero attached hydrogens (tertiary/aromatic N) is 3. The Balaban J connectivity index is 1.74. The normalized spacial score (nSPS) is 10.3. The highest BCUT2D eigenvalue weighted by atomic mass is 35.5. The SMILES string of the molecule is CCN(C(=O)c1ccc(Nc2ccc(OC)c(Cl)c2)nn1)c1ccccc1. The van der Waals surface area contributed by atoms with Crippen molar-refractivity contribution in [2.24, 2.45) is 0 Å². The lowest BCUT2D eigenvalue weighted by atomic mass is 10.2. The molecule has 6 nitrogen and oxygen atoms in total. The van der Waals surface area contributed by atoms with Gasteiger partial charge in [0.25, 0.3) is 5.91 Å². The number of aromatic nitrogens is 2. The molecule has 0 unspecified atom stereocenters. The predicted octanol–water partition coefficient (Wildman–Crippen LogP) is 4.55. The molecular formula is C20H19ClN4O2. The van der Waals surface area contributed by atoms with Crippen molar-refractivity contribution in [2.45, 2.75) is 6.92 Å². The second-order valence-corrected chi connectivity index (χ2v) is 6.07. The van der Waals surface area contributed by atoms with E-state index in [1.807, 2.05) is 43.3 Å². The maximum absolute atomic E-state index is 12.7. The second kappa shape index (κ2) is 8.51. The minimum Gasteiger partial charge on any atom is -0.495 e. The molecule has 1 aromatic heterocycles. The number of ether oxygens (including phenoxy) is 1. The molecule has 138 valence electrons. The average Bonchev–Trinajstić information content (AvgIpc) is 2.70. The number of carbonyl (C=O) groups is 1. The number of benzene rings is 2. The van der Waals surface area contributed by atoms with Gasteiger partial charge in [0.15, 0.2) is 11.5 Å². The number of carbonyl (C=O) groups excluding carboxylic acids is 1. The summed E-state index contributed by atoms with van der Waals surface area (Å²) in [5, 5.41) is 11.7. The molecule has 0 aliphatic carbocycles. The summed E-state index contributed by atoms with van der Waals surface area (Å²) >= 11 is 6.12. The number of amides is 1. The van der Waals surface area contributed by atoms with Crippen molar-refractivity contribution in [2.75, 3.05) is 23.9 Å². The molecule has 0 bridgehead atoms. The Morgan fingerprint density at radius 1 is 1.11 bits per heavy atom. The van der Waals surface area contributed by atoms with Crippen molar-refractivity contribution in [3.63, 3.8) is 0 Å². The maximum Gasteiger partial charge on any atom is 0.278 e. The number of methoxy groups -OCH3 is 1. The zero-order valence-corrected chi connectivity index (χ0v) is 15.8. The van der Waals surface area contributed by atoms with E-state index in [0.29, 0.717) is 23.1 Å². The number of nitrogens with one attached hydrogen (secondary N) is 1. The zero-order chi connectivity index (χ0) is 19.2. The highest BCUT2D eigenvalue weighted by Gasteiger charge is 2.17. The number of hydrogen-bond donors (Lipinski definition) is 1. The molecule has 0 fully saturated rings. The fourth-order valence-corrected chi connectivity index (χ4v) is 2.85. The van der Waals surface area contributed by atoms with E-state index in [1.165, 1.54) is 0 Å². The molecule has 27 heavy (non-hydrogen) atoms. The van der Waals surface area contributed by atoms with E-state index in [0.717, 1.165) is 11.4 Å². The van der Waals surface area contributed by atoms with Crippen LogP contribution in [-0.2, 0) is 0 Å². The van der Waals surface area contributed by atoms with Crippen LogP contribution in [0.25, 0.3) is 0 Å². The third-order valence-electron chi connectivity index (χ3n) is 3.94. The minimum absolute atomic E-state index is 0.199. The molecule has 7 heteroatoms. The fraction of sp³-hybridized carbons (Fsp3) is 0.150. The van der Waals surface area contributed by atoms with E-state index in [9.17, 15) is 4.79 Å². The molecule has 0 spiro atoms. The van der Waals surface area contributed by atoms with Crippen LogP contribution < -0.4 is 15.0 Å². The Kier molecular flexibility index (Phi) is 5.88. The van der Waals surface area contributed by atoms with E-state index < -0.39 is 0 Å². The van der Waals surface area contributed by atoms with Crippen LogP contribution in [0.1, 0.15) is 17.4 Å². The summed E-state index contributed by atoms with van der Waals surface area (Å²) in [7, 11) is 1.56. The third kappa shape index (κ3) is 4.35. The molecule has 0 aliphatic rings. The van der Waals surface area contributed by atoms with Gasteiger partial charge in [0.1, 0.15) is 5.75 Å². The molecule has 0 atom stereocenters. The first-order chi connectivity index (χ1) is 13.1. The topological polar surface area (TPSA) is 67.4 Å². The molecule has 2 aromatic carbocycles. The number of rotatable bonds is 6. The number of para-hydroxylation sites is 1. The zero-order valence-electron chi connectivity index (χ0n) is 15.0. The Bertz CT molecular complexity index is 917. The summed E-state index contributed by atoms with van der Waals surface area (Å²) in [6, 6.07) is 18.1. The largest absolute Gasteiger partial charge is 0.495 e. The van der Waals surface area contributed by atoms with Gasteiger partial charge in [-0.2, -0.15) is 0 Å². The van der Waals surface area contributed by atoms with Crippen molar-refractivity contribution in [3.8, 4) is 5.75 Å². The van der Waals surface area contributed by atoms with E-state index in [-0.39, 0.29) is 11.6 Å². The molecule has 0 aliphatic heterocycles. The number of hydrogen-bond acceptors (Lipinski definition) is 5. The van der Waals surface area contributed by atoms with Gasteiger partial charge in [-0.15, -0.1) is 10.2 Å². The summed E-state index contributed by atoms with van der Waals surface area (Å²) in [6.45, 7) is 2.45. The van der Waals surface area contributed by atoms with Crippen LogP contribution >= 0.6 is 11.6 Å². The highest BCUT2D eigenvalue weighted by molar-refractivity contribution is 6.32. The van der Waals surface area contributed by atoms with Gasteiger partial charge < -0.3 is 15.0 Å². The average molecular weight is 383 g/mol. The van der Waals surface area contributed by atoms with Gasteiger partial charge in [-0.1, -0.05) is 29.8 Å². The van der Waals surface area contributed by atoms with Crippen LogP contribution in [0.4, 0.5) is 17.2 Å². The molecule has 1 N–H and O–H groups in total. The van der Waals surface area contributed by atoms with Crippen LogP contribution in [0, 0.1) is 0 Å². The molecule has 1 heterocycles. The van der Waals surface area contributed by atoms with Crippen LogP contribution in [0.5, 0.6) is 5.75 Å². The van der Waals surface area contributed by atoms with Crippen LogP contribution in [-0.4, -0.2) is 29.8 Å². The van der Waals surface area contributed by atoms with Crippen molar-refractivity contribution in [1.82, 2.24) is 10.2 Å². The Labute approximate surface area is 162 Å². The van der Waals surface area contributed by atoms with Gasteiger partial charge in [-0.3, -0.25) is 4.79 Å². The summed E-state index contributed by atoms with van der Waals surface area (Å²) in [4.78, 5) is 14.4. The van der Waals surface area contributed by atoms with E-state index in [2.05, 4.69) is 15.5 Å². The van der Waals surface area contributed by atoms with Gasteiger partial charge in [0.2, 0.25) is 0 Å². The molecule has 0 saturated heterocycles. The predicted molar refractivity (Wildman–Crippen MR) is 107 cm³/mol. The molecule has 3 aromatic rings. The third-order valence-corrected chi connectivity index (χ3v) is 4.23. The Morgan fingerprint density at radius 3 is 2.48 bits per heavy atom. The fourth-order valence-electron chi connectivity index (χ4n) is 2.59. The van der Waals surface area contributed by atoms with Gasteiger partial charge in [0, 0.05) is 17.9 Å². The van der Waals surface area contributed by atoms with Gasteiger partial charge in [-0.05, 0) is 49.4 Å². The molecule has 3 rings (SSSR count). The summed E-state index contributed by atoms with van der Waals surface area (Å²) < 4.78 is 5.13. The van der Waals surface area contributed by atoms with Crippen molar-refractivity contribution < 1.29 is 9.53 Å². The molecular weight excluding hydrogens is 364 g/mol. The monoisotopic (exact) mass is 382 g/mol. The lowest BCUT2D eigenvalue weighted by molar-refractivity contribution is 0.0982. The first-order valence-electron chi connectivity index (χ1n) is 8.43. The van der Waals surface area contributed by atoms with Gasteiger partial charge in [0.05, 0.1) is 12.1 Å². The summed E-state index contributed by atoms with van der Waals surface area (Å²) in [6.07, 6.45) is 0. The molecule has 1 amide bonds. The van der Waals surface area contributed by atoms with E-state index in [1.54, 1.807) is 36.3 Å². The van der Waals surface area contributed by atoms with Crippen LogP contribution in [0.2, 0.25) is 5.02 Å². The Hall–Kier alpha value is -3.12.